The number of nitrogens with one attached hydrogen (secondary N) is 1. The van der Waals surface area contributed by atoms with Crippen LogP contribution in [0.25, 0.3) is 11.5 Å². The molecule has 0 aromatic carbocycles. The van der Waals surface area contributed by atoms with E-state index in [1.54, 1.807) is 12.3 Å². The van der Waals surface area contributed by atoms with Crippen LogP contribution >= 0.6 is 0 Å². The minimum Gasteiger partial charge on any atom is -0.369 e. The molecule has 0 saturated carbocycles. The zero-order valence-corrected chi connectivity index (χ0v) is 10.9. The zero-order chi connectivity index (χ0) is 13.0. The monoisotopic (exact) mass is 250 g/mol. The van der Waals surface area contributed by atoms with Crippen molar-refractivity contribution in [2.45, 2.75) is 33.3 Å². The van der Waals surface area contributed by atoms with Crippen LogP contribution in [0.4, 0.5) is 0 Å². The predicted octanol–water partition coefficient (Wildman–Crippen LogP) is 2.58. The van der Waals surface area contributed by atoms with Gasteiger partial charge < -0.3 is 9.26 Å². The first-order valence-corrected chi connectivity index (χ1v) is 6.11. The second-order valence-corrected chi connectivity index (χ2v) is 4.62. The Labute approximate surface area is 106 Å². The summed E-state index contributed by atoms with van der Waals surface area (Å²) >= 11 is 0. The molecule has 1 unspecified atom stereocenters. The van der Waals surface area contributed by atoms with Crippen molar-refractivity contribution in [1.82, 2.24) is 20.3 Å². The Morgan fingerprint density at radius 1 is 1.39 bits per heavy atom. The molecule has 0 spiro atoms. The lowest BCUT2D eigenvalue weighted by Crippen LogP contribution is -2.04. The molecule has 2 aromatic heterocycles. The van der Waals surface area contributed by atoms with Crippen LogP contribution in [0, 0.1) is 5.92 Å². The first-order valence-electron chi connectivity index (χ1n) is 6.11. The molecule has 0 saturated heterocycles. The van der Waals surface area contributed by atoms with Crippen molar-refractivity contribution in [1.29, 1.82) is 0 Å². The SMILES string of the molecule is CC(C)CCOC(C)c1nc(-c2ccn[nH]2)no1. The fourth-order valence-corrected chi connectivity index (χ4v) is 1.44. The van der Waals surface area contributed by atoms with Crippen molar-refractivity contribution in [2.24, 2.45) is 5.92 Å². The Morgan fingerprint density at radius 2 is 2.22 bits per heavy atom. The summed E-state index contributed by atoms with van der Waals surface area (Å²) in [6.07, 6.45) is 2.48. The summed E-state index contributed by atoms with van der Waals surface area (Å²) in [5.74, 6) is 1.62. The number of hydrogen-bond acceptors (Lipinski definition) is 5. The van der Waals surface area contributed by atoms with Crippen molar-refractivity contribution >= 4 is 0 Å². The van der Waals surface area contributed by atoms with E-state index in [2.05, 4.69) is 34.2 Å². The van der Waals surface area contributed by atoms with E-state index >= 15 is 0 Å². The van der Waals surface area contributed by atoms with Gasteiger partial charge in [-0.3, -0.25) is 5.10 Å². The van der Waals surface area contributed by atoms with Crippen LogP contribution in [0.5, 0.6) is 0 Å². The van der Waals surface area contributed by atoms with E-state index in [0.717, 1.165) is 12.1 Å². The minimum atomic E-state index is -0.187. The van der Waals surface area contributed by atoms with Gasteiger partial charge in [-0.05, 0) is 25.3 Å². The predicted molar refractivity (Wildman–Crippen MR) is 65.7 cm³/mol. The van der Waals surface area contributed by atoms with E-state index < -0.39 is 0 Å². The summed E-state index contributed by atoms with van der Waals surface area (Å²) in [5.41, 5.74) is 0.736. The summed E-state index contributed by atoms with van der Waals surface area (Å²) < 4.78 is 10.8. The molecule has 2 rings (SSSR count). The van der Waals surface area contributed by atoms with Crippen LogP contribution in [-0.2, 0) is 4.74 Å². The molecular weight excluding hydrogens is 232 g/mol. The third-order valence-corrected chi connectivity index (χ3v) is 2.59. The van der Waals surface area contributed by atoms with E-state index in [1.165, 1.54) is 0 Å². The molecule has 0 bridgehead atoms. The number of aromatic amines is 1. The summed E-state index contributed by atoms with van der Waals surface area (Å²) in [6.45, 7) is 6.93. The summed E-state index contributed by atoms with van der Waals surface area (Å²) in [4.78, 5) is 4.28. The molecule has 6 heteroatoms. The Hall–Kier alpha value is -1.69. The largest absolute Gasteiger partial charge is 0.369 e. The molecule has 0 aliphatic heterocycles. The average molecular weight is 250 g/mol. The van der Waals surface area contributed by atoms with E-state index in [4.69, 9.17) is 9.26 Å². The topological polar surface area (TPSA) is 76.8 Å². The number of rotatable bonds is 6. The number of ether oxygens (including phenoxy) is 1. The van der Waals surface area contributed by atoms with Crippen LogP contribution in [0.15, 0.2) is 16.8 Å². The highest BCUT2D eigenvalue weighted by Crippen LogP contribution is 2.19. The molecule has 0 radical (unpaired) electrons. The van der Waals surface area contributed by atoms with E-state index in [0.29, 0.717) is 24.2 Å². The number of aromatic nitrogens is 4. The van der Waals surface area contributed by atoms with Crippen LogP contribution in [-0.4, -0.2) is 26.9 Å². The lowest BCUT2D eigenvalue weighted by atomic mass is 10.1. The maximum Gasteiger partial charge on any atom is 0.255 e. The third kappa shape index (κ3) is 3.16. The van der Waals surface area contributed by atoms with Gasteiger partial charge in [0, 0.05) is 12.8 Å². The van der Waals surface area contributed by atoms with Gasteiger partial charge in [-0.1, -0.05) is 19.0 Å². The molecular formula is C12H18N4O2. The fraction of sp³-hybridized carbons (Fsp3) is 0.583. The lowest BCUT2D eigenvalue weighted by Gasteiger charge is -2.09. The molecule has 1 atom stereocenters. The standard InChI is InChI=1S/C12H18N4O2/c1-8(2)5-7-17-9(3)12-14-11(16-18-12)10-4-6-13-15-10/h4,6,8-9H,5,7H2,1-3H3,(H,13,15). The summed E-state index contributed by atoms with van der Waals surface area (Å²) in [5, 5.41) is 10.5. The van der Waals surface area contributed by atoms with Gasteiger partial charge in [-0.15, -0.1) is 0 Å². The fourth-order valence-electron chi connectivity index (χ4n) is 1.44. The van der Waals surface area contributed by atoms with Gasteiger partial charge in [-0.25, -0.2) is 0 Å². The van der Waals surface area contributed by atoms with Crippen molar-refractivity contribution in [3.63, 3.8) is 0 Å². The molecule has 0 amide bonds. The smallest absolute Gasteiger partial charge is 0.255 e. The first kappa shape index (κ1) is 12.8. The molecule has 0 aliphatic rings. The highest BCUT2D eigenvalue weighted by molar-refractivity contribution is 5.46. The highest BCUT2D eigenvalue weighted by Gasteiger charge is 2.16. The normalized spacial score (nSPS) is 13.1. The molecule has 0 fully saturated rings. The highest BCUT2D eigenvalue weighted by atomic mass is 16.5. The number of H-pyrrole nitrogens is 1. The van der Waals surface area contributed by atoms with Gasteiger partial charge in [-0.2, -0.15) is 10.1 Å². The quantitative estimate of drug-likeness (QED) is 0.852. The number of hydrogen-bond donors (Lipinski definition) is 1. The molecule has 2 aromatic rings. The summed E-state index contributed by atoms with van der Waals surface area (Å²) in [6, 6.07) is 1.79. The Balaban J connectivity index is 1.93. The van der Waals surface area contributed by atoms with Crippen molar-refractivity contribution in [2.75, 3.05) is 6.61 Å². The molecule has 98 valence electrons. The Bertz CT molecular complexity index is 464. The van der Waals surface area contributed by atoms with Crippen molar-refractivity contribution < 1.29 is 9.26 Å². The van der Waals surface area contributed by atoms with E-state index in [9.17, 15) is 0 Å². The molecule has 1 N–H and O–H groups in total. The molecule has 0 aliphatic carbocycles. The zero-order valence-electron chi connectivity index (χ0n) is 10.9. The Morgan fingerprint density at radius 3 is 2.89 bits per heavy atom. The van der Waals surface area contributed by atoms with Gasteiger partial charge in [0.25, 0.3) is 5.89 Å². The van der Waals surface area contributed by atoms with Gasteiger partial charge in [0.15, 0.2) is 0 Å². The molecule has 6 nitrogen and oxygen atoms in total. The van der Waals surface area contributed by atoms with Crippen molar-refractivity contribution in [3.8, 4) is 11.5 Å². The Kier molecular flexibility index (Phi) is 4.09. The third-order valence-electron chi connectivity index (χ3n) is 2.59. The van der Waals surface area contributed by atoms with Gasteiger partial charge in [0.1, 0.15) is 11.8 Å². The van der Waals surface area contributed by atoms with Crippen LogP contribution < -0.4 is 0 Å². The maximum absolute atomic E-state index is 5.65. The lowest BCUT2D eigenvalue weighted by molar-refractivity contribution is 0.0367. The second kappa shape index (κ2) is 5.77. The minimum absolute atomic E-state index is 0.187. The van der Waals surface area contributed by atoms with Gasteiger partial charge >= 0.3 is 0 Å². The van der Waals surface area contributed by atoms with Crippen LogP contribution in [0.3, 0.4) is 0 Å². The van der Waals surface area contributed by atoms with E-state index in [1.807, 2.05) is 6.92 Å². The summed E-state index contributed by atoms with van der Waals surface area (Å²) in [7, 11) is 0. The van der Waals surface area contributed by atoms with Crippen LogP contribution in [0.2, 0.25) is 0 Å². The number of nitrogens with zero attached hydrogens (tertiary/aromatic N) is 3. The van der Waals surface area contributed by atoms with E-state index in [-0.39, 0.29) is 6.10 Å². The first-order chi connectivity index (χ1) is 8.66. The van der Waals surface area contributed by atoms with Gasteiger partial charge in [0.2, 0.25) is 5.82 Å². The van der Waals surface area contributed by atoms with Crippen molar-refractivity contribution in [3.05, 3.63) is 18.2 Å². The maximum atomic E-state index is 5.65. The average Bonchev–Trinajstić information content (AvgIpc) is 2.99. The second-order valence-electron chi connectivity index (χ2n) is 4.62. The van der Waals surface area contributed by atoms with Gasteiger partial charge in [0.05, 0.1) is 0 Å². The molecule has 18 heavy (non-hydrogen) atoms. The molecule has 2 heterocycles. The van der Waals surface area contributed by atoms with Crippen LogP contribution in [0.1, 0.15) is 39.2 Å².